The first kappa shape index (κ1) is 93.5. The average molecular weight is 324 g/mol. The van der Waals surface area contributed by atoms with Gasteiger partial charge in [-0.2, -0.15) is 0 Å². The fraction of sp³-hybridized carbons (Fsp3) is 0. The van der Waals surface area contributed by atoms with Gasteiger partial charge in [0.25, 0.3) is 6.47 Å². The van der Waals surface area contributed by atoms with Crippen LogP contribution < -0.4 is 0 Å². The molecule has 0 heterocycles. The van der Waals surface area contributed by atoms with Crippen LogP contribution in [0.15, 0.2) is 0 Å². The quantitative estimate of drug-likeness (QED) is 0.190. The molecule has 0 atom stereocenters. The van der Waals surface area contributed by atoms with E-state index < -0.39 is 7.82 Å². The molecule has 12 nitrogen and oxygen atoms in total. The van der Waals surface area contributed by atoms with Crippen molar-refractivity contribution in [1.29, 1.82) is 0 Å². The van der Waals surface area contributed by atoms with Crippen LogP contribution >= 0.6 is 7.82 Å². The summed E-state index contributed by atoms with van der Waals surface area (Å²) in [7, 11) is -4.64. The van der Waals surface area contributed by atoms with E-state index in [0.717, 1.165) is 0 Å². The van der Waals surface area contributed by atoms with Gasteiger partial charge in [-0.15, -0.1) is 0 Å². The number of carboxylic acid groups (broad SMARTS) is 1. The average Bonchev–Trinajstić information content (AvgIpc) is 1.27. The van der Waals surface area contributed by atoms with Crippen molar-refractivity contribution in [3.8, 4) is 0 Å². The van der Waals surface area contributed by atoms with Gasteiger partial charge in [0.05, 0.1) is 0 Å². The van der Waals surface area contributed by atoms with E-state index in [2.05, 4.69) is 0 Å². The van der Waals surface area contributed by atoms with Crippen LogP contribution in [0.1, 0.15) is 0 Å². The van der Waals surface area contributed by atoms with Crippen molar-refractivity contribution in [2.75, 3.05) is 0 Å². The Labute approximate surface area is 163 Å². The summed E-state index contributed by atoms with van der Waals surface area (Å²) in [4.78, 5) is 29.9. The monoisotopic (exact) mass is 324 g/mol. The molecule has 0 spiro atoms. The molecule has 0 amide bonds. The van der Waals surface area contributed by atoms with Crippen molar-refractivity contribution >= 4 is 103 Å². The van der Waals surface area contributed by atoms with Gasteiger partial charge in [0.15, 0.2) is 0 Å². The zero-order valence-electron chi connectivity index (χ0n) is 6.63. The topological polar surface area (TPSA) is 304 Å². The third kappa shape index (κ3) is 894. The van der Waals surface area contributed by atoms with Gasteiger partial charge >= 0.3 is 96.5 Å². The fourth-order valence-electron chi connectivity index (χ4n) is 0. The molecule has 0 radical (unpaired) electrons. The van der Waals surface area contributed by atoms with E-state index in [1.54, 1.807) is 0 Å². The summed E-state index contributed by atoms with van der Waals surface area (Å²) in [5.74, 6) is 0. The van der Waals surface area contributed by atoms with Crippen molar-refractivity contribution < 1.29 is 62.0 Å². The molecule has 0 aliphatic rings. The Morgan fingerprint density at radius 2 is 0.706 bits per heavy atom. The molecule has 17 heavy (non-hydrogen) atoms. The van der Waals surface area contributed by atoms with E-state index in [9.17, 15) is 0 Å². The Kier molecular flexibility index (Phi) is 348. The van der Waals surface area contributed by atoms with Crippen molar-refractivity contribution in [3.05, 3.63) is 0 Å². The number of hydrogen-bond acceptors (Lipinski definition) is 2. The zero-order valence-corrected chi connectivity index (χ0v) is 7.52. The summed E-state index contributed by atoms with van der Waals surface area (Å²) in [5.41, 5.74) is 0. The zero-order chi connectivity index (χ0) is 7.21. The third-order valence-corrected chi connectivity index (χ3v) is 0. The van der Waals surface area contributed by atoms with Gasteiger partial charge in [-0.3, -0.25) is 4.79 Å². The Hall–Kier alpha value is 2.34. The molecule has 0 aliphatic carbocycles. The summed E-state index contributed by atoms with van der Waals surface area (Å²) >= 11 is 0. The number of carbonyl (C=O) groups is 1. The Morgan fingerprint density at radius 3 is 0.706 bits per heavy atom. The van der Waals surface area contributed by atoms with E-state index in [1.165, 1.54) is 0 Å². The molecule has 0 aromatic heterocycles. The van der Waals surface area contributed by atoms with Crippen LogP contribution in [0.25, 0.3) is 0 Å². The van der Waals surface area contributed by atoms with E-state index in [4.69, 9.17) is 29.1 Å². The molecule has 0 aromatic rings. The Balaban J connectivity index is -0.00000000317. The van der Waals surface area contributed by atoms with Crippen LogP contribution in [0.3, 0.4) is 0 Å². The number of rotatable bonds is 0. The van der Waals surface area contributed by atoms with Gasteiger partial charge in [0, 0.05) is 0 Å². The van der Waals surface area contributed by atoms with Crippen molar-refractivity contribution in [2.24, 2.45) is 0 Å². The van der Waals surface area contributed by atoms with Crippen LogP contribution in [0.5, 0.6) is 0 Å². The second kappa shape index (κ2) is 63.2. The van der Waals surface area contributed by atoms with Crippen LogP contribution in [0.2, 0.25) is 0 Å². The third-order valence-electron chi connectivity index (χ3n) is 0. The van der Waals surface area contributed by atoms with Crippen LogP contribution in [0, 0.1) is 0 Å². The van der Waals surface area contributed by atoms with Crippen molar-refractivity contribution in [2.45, 2.75) is 0 Å². The molecule has 0 aromatic carbocycles. The molecule has 0 aliphatic heterocycles. The summed E-state index contributed by atoms with van der Waals surface area (Å²) in [6, 6.07) is 0. The molecular formula is CH20Na3O12P. The minimum atomic E-state index is -4.64. The SMILES string of the molecule is O.O.O.O.O.O.O=CO.O=P(O)(O)O.[NaH].[NaH].[NaH]. The summed E-state index contributed by atoms with van der Waals surface area (Å²) < 4.78 is 8.88. The predicted molar refractivity (Wildman–Crippen MR) is 66.1 cm³/mol. The number of hydrogen-bond donors (Lipinski definition) is 4. The minimum absolute atomic E-state index is 0. The molecule has 0 saturated heterocycles. The first-order valence-electron chi connectivity index (χ1n) is 1.28. The first-order chi connectivity index (χ1) is 3.41. The maximum absolute atomic E-state index is 8.88. The predicted octanol–water partition coefficient (Wildman–Crippen LogP) is -8.12. The summed E-state index contributed by atoms with van der Waals surface area (Å²) in [6.07, 6.45) is 0. The van der Waals surface area contributed by atoms with Gasteiger partial charge < -0.3 is 52.6 Å². The Bertz CT molecular complexity index is 95.7. The maximum atomic E-state index is 8.88. The Morgan fingerprint density at radius 1 is 0.706 bits per heavy atom. The fourth-order valence-corrected chi connectivity index (χ4v) is 0. The van der Waals surface area contributed by atoms with Crippen LogP contribution in [-0.4, -0.2) is 148 Å². The van der Waals surface area contributed by atoms with Crippen molar-refractivity contribution in [3.63, 3.8) is 0 Å². The molecule has 0 fully saturated rings. The molecule has 0 saturated carbocycles. The van der Waals surface area contributed by atoms with Gasteiger partial charge in [-0.25, -0.2) is 4.57 Å². The van der Waals surface area contributed by atoms with Gasteiger partial charge in [0.1, 0.15) is 0 Å². The summed E-state index contributed by atoms with van der Waals surface area (Å²) in [5, 5.41) is 6.89. The van der Waals surface area contributed by atoms with Crippen LogP contribution in [0.4, 0.5) is 0 Å². The molecule has 16 N–H and O–H groups in total. The van der Waals surface area contributed by atoms with E-state index in [0.29, 0.717) is 0 Å². The van der Waals surface area contributed by atoms with Crippen molar-refractivity contribution in [1.82, 2.24) is 0 Å². The van der Waals surface area contributed by atoms with E-state index in [-0.39, 0.29) is 128 Å². The van der Waals surface area contributed by atoms with Crippen LogP contribution in [-0.2, 0) is 9.36 Å². The molecular weight excluding hydrogens is 304 g/mol. The molecule has 0 unspecified atom stereocenters. The molecule has 104 valence electrons. The second-order valence-corrected chi connectivity index (χ2v) is 1.65. The van der Waals surface area contributed by atoms with Gasteiger partial charge in [-0.05, 0) is 0 Å². The molecule has 16 heteroatoms. The van der Waals surface area contributed by atoms with E-state index in [1.807, 2.05) is 0 Å². The first-order valence-corrected chi connectivity index (χ1v) is 2.84. The van der Waals surface area contributed by atoms with E-state index >= 15 is 0 Å². The molecule has 0 rings (SSSR count). The molecule has 0 bridgehead atoms. The standard InChI is InChI=1S/CH2O2.3Na.H3O4P.6H2O.3H/c2-1-3;;;;1-5(2,3)4;;;;;;;;;/h1H,(H,2,3);;;;(H3,1,2,3,4);6*1H2;;;. The number of phosphoric acid groups is 1. The van der Waals surface area contributed by atoms with Gasteiger partial charge in [-0.1, -0.05) is 0 Å². The van der Waals surface area contributed by atoms with Gasteiger partial charge in [0.2, 0.25) is 0 Å². The summed E-state index contributed by atoms with van der Waals surface area (Å²) in [6.45, 7) is -0.250. The normalized spacial score (nSPS) is 4.18. The second-order valence-electron chi connectivity index (χ2n) is 0.619.